The number of benzene rings is 1. The summed E-state index contributed by atoms with van der Waals surface area (Å²) in [6, 6.07) is 9.73. The van der Waals surface area contributed by atoms with Gasteiger partial charge in [-0.2, -0.15) is 0 Å². The third kappa shape index (κ3) is 2.37. The summed E-state index contributed by atoms with van der Waals surface area (Å²) in [5, 5.41) is 12.7. The number of fused-ring (bicyclic) bond motifs is 1. The zero-order valence-corrected chi connectivity index (χ0v) is 11.0. The van der Waals surface area contributed by atoms with E-state index >= 15 is 0 Å². The maximum Gasteiger partial charge on any atom is 0.255 e. The van der Waals surface area contributed by atoms with Crippen molar-refractivity contribution in [1.29, 1.82) is 0 Å². The predicted molar refractivity (Wildman–Crippen MR) is 75.5 cm³/mol. The number of hydrogen-bond donors (Lipinski definition) is 2. The van der Waals surface area contributed by atoms with E-state index in [1.165, 1.54) is 29.6 Å². The monoisotopic (exact) mass is 268 g/mol. The Morgan fingerprint density at radius 3 is 3.00 bits per heavy atom. The van der Waals surface area contributed by atoms with Crippen molar-refractivity contribution in [3.8, 4) is 5.75 Å². The Morgan fingerprint density at radius 1 is 1.30 bits per heavy atom. The van der Waals surface area contributed by atoms with Crippen LogP contribution < -0.4 is 5.32 Å². The first-order valence-corrected chi connectivity index (χ1v) is 6.77. The molecule has 3 rings (SSSR count). The van der Waals surface area contributed by atoms with E-state index < -0.39 is 0 Å². The highest BCUT2D eigenvalue weighted by Gasteiger charge is 2.22. The molecule has 4 heteroatoms. The number of rotatable bonds is 2. The Hall–Kier alpha value is -2.36. The van der Waals surface area contributed by atoms with Crippen molar-refractivity contribution in [2.75, 3.05) is 0 Å². The third-order valence-corrected chi connectivity index (χ3v) is 3.72. The van der Waals surface area contributed by atoms with Gasteiger partial charge < -0.3 is 10.4 Å². The molecule has 1 atom stereocenters. The van der Waals surface area contributed by atoms with Crippen LogP contribution in [0.3, 0.4) is 0 Å². The lowest BCUT2D eigenvalue weighted by Crippen LogP contribution is -2.31. The van der Waals surface area contributed by atoms with Gasteiger partial charge in [-0.25, -0.2) is 0 Å². The van der Waals surface area contributed by atoms with Crippen molar-refractivity contribution >= 4 is 5.91 Å². The molecule has 0 fully saturated rings. The van der Waals surface area contributed by atoms with Crippen LogP contribution in [0.15, 0.2) is 42.7 Å². The quantitative estimate of drug-likeness (QED) is 0.880. The molecule has 0 saturated heterocycles. The number of carbonyl (C=O) groups is 1. The standard InChI is InChI=1S/C16H16N2O2/c19-15-10-17-9-8-13(15)16(20)18-14-7-3-5-11-4-1-2-6-12(11)14/h1-2,4,6,8-10,14,19H,3,5,7H2,(H,18,20). The molecule has 0 saturated carbocycles. The number of nitrogens with zero attached hydrogens (tertiary/aromatic N) is 1. The Bertz CT molecular complexity index is 640. The van der Waals surface area contributed by atoms with Crippen molar-refractivity contribution < 1.29 is 9.90 Å². The molecule has 1 aliphatic rings. The van der Waals surface area contributed by atoms with E-state index in [2.05, 4.69) is 22.4 Å². The van der Waals surface area contributed by atoms with E-state index in [1.54, 1.807) is 0 Å². The number of aromatic hydroxyl groups is 1. The van der Waals surface area contributed by atoms with Crippen molar-refractivity contribution in [2.24, 2.45) is 0 Å². The summed E-state index contributed by atoms with van der Waals surface area (Å²) in [7, 11) is 0. The second kappa shape index (κ2) is 5.33. The lowest BCUT2D eigenvalue weighted by Gasteiger charge is -2.26. The van der Waals surface area contributed by atoms with Crippen molar-refractivity contribution in [3.05, 3.63) is 59.4 Å². The third-order valence-electron chi connectivity index (χ3n) is 3.72. The second-order valence-electron chi connectivity index (χ2n) is 5.01. The topological polar surface area (TPSA) is 62.2 Å². The fourth-order valence-corrected chi connectivity index (χ4v) is 2.72. The van der Waals surface area contributed by atoms with E-state index in [0.29, 0.717) is 0 Å². The van der Waals surface area contributed by atoms with Gasteiger partial charge in [0.05, 0.1) is 17.8 Å². The van der Waals surface area contributed by atoms with Crippen molar-refractivity contribution in [3.63, 3.8) is 0 Å². The van der Waals surface area contributed by atoms with Crippen LogP contribution in [0.2, 0.25) is 0 Å². The molecule has 20 heavy (non-hydrogen) atoms. The first-order chi connectivity index (χ1) is 9.75. The van der Waals surface area contributed by atoms with Gasteiger partial charge >= 0.3 is 0 Å². The van der Waals surface area contributed by atoms with Gasteiger partial charge in [0, 0.05) is 6.20 Å². The average molecular weight is 268 g/mol. The fraction of sp³-hybridized carbons (Fsp3) is 0.250. The molecule has 1 aliphatic carbocycles. The van der Waals surface area contributed by atoms with Crippen LogP contribution in [0.5, 0.6) is 5.75 Å². The maximum atomic E-state index is 12.2. The van der Waals surface area contributed by atoms with Gasteiger partial charge in [0.1, 0.15) is 5.75 Å². The van der Waals surface area contributed by atoms with Gasteiger partial charge in [-0.3, -0.25) is 9.78 Å². The lowest BCUT2D eigenvalue weighted by molar-refractivity contribution is 0.0930. The van der Waals surface area contributed by atoms with E-state index in [4.69, 9.17) is 0 Å². The number of pyridine rings is 1. The zero-order valence-electron chi connectivity index (χ0n) is 11.0. The molecule has 0 radical (unpaired) electrons. The van der Waals surface area contributed by atoms with Gasteiger partial charge in [-0.15, -0.1) is 0 Å². The first kappa shape index (κ1) is 12.7. The zero-order chi connectivity index (χ0) is 13.9. The molecule has 1 aromatic heterocycles. The smallest absolute Gasteiger partial charge is 0.255 e. The van der Waals surface area contributed by atoms with Crippen LogP contribution in [0.4, 0.5) is 0 Å². The summed E-state index contributed by atoms with van der Waals surface area (Å²) >= 11 is 0. The molecule has 0 spiro atoms. The number of amides is 1. The number of hydrogen-bond acceptors (Lipinski definition) is 3. The molecule has 102 valence electrons. The van der Waals surface area contributed by atoms with E-state index in [-0.39, 0.29) is 23.3 Å². The molecule has 2 N–H and O–H groups in total. The minimum Gasteiger partial charge on any atom is -0.505 e. The molecule has 1 unspecified atom stereocenters. The van der Waals surface area contributed by atoms with Gasteiger partial charge in [0.15, 0.2) is 0 Å². The predicted octanol–water partition coefficient (Wildman–Crippen LogP) is 2.59. The van der Waals surface area contributed by atoms with Gasteiger partial charge in [-0.1, -0.05) is 24.3 Å². The van der Waals surface area contributed by atoms with Crippen LogP contribution in [-0.2, 0) is 6.42 Å². The summed E-state index contributed by atoms with van der Waals surface area (Å²) in [6.07, 6.45) is 5.83. The van der Waals surface area contributed by atoms with Crippen LogP contribution in [0.1, 0.15) is 40.4 Å². The number of nitrogens with one attached hydrogen (secondary N) is 1. The van der Waals surface area contributed by atoms with Gasteiger partial charge in [0.25, 0.3) is 5.91 Å². The van der Waals surface area contributed by atoms with Crippen LogP contribution >= 0.6 is 0 Å². The van der Waals surface area contributed by atoms with Crippen molar-refractivity contribution in [1.82, 2.24) is 10.3 Å². The number of carbonyl (C=O) groups excluding carboxylic acids is 1. The molecule has 0 bridgehead atoms. The van der Waals surface area contributed by atoms with Gasteiger partial charge in [-0.05, 0) is 36.5 Å². The number of aromatic nitrogens is 1. The summed E-state index contributed by atoms with van der Waals surface area (Å²) in [5.74, 6) is -0.347. The number of aryl methyl sites for hydroxylation is 1. The molecule has 1 aromatic carbocycles. The maximum absolute atomic E-state index is 12.2. The largest absolute Gasteiger partial charge is 0.505 e. The molecular formula is C16H16N2O2. The Balaban J connectivity index is 1.83. The first-order valence-electron chi connectivity index (χ1n) is 6.77. The summed E-state index contributed by atoms with van der Waals surface area (Å²) in [5.41, 5.74) is 2.74. The average Bonchev–Trinajstić information content (AvgIpc) is 2.48. The molecule has 2 aromatic rings. The minimum absolute atomic E-state index is 0.0139. The van der Waals surface area contributed by atoms with Crippen LogP contribution in [0, 0.1) is 0 Å². The lowest BCUT2D eigenvalue weighted by atomic mass is 9.87. The highest BCUT2D eigenvalue weighted by atomic mass is 16.3. The Kier molecular flexibility index (Phi) is 3.37. The molecule has 0 aliphatic heterocycles. The molecule has 1 heterocycles. The fourth-order valence-electron chi connectivity index (χ4n) is 2.72. The molecule has 1 amide bonds. The second-order valence-corrected chi connectivity index (χ2v) is 5.01. The Labute approximate surface area is 117 Å². The SMILES string of the molecule is O=C(NC1CCCc2ccccc21)c1ccncc1O. The van der Waals surface area contributed by atoms with Crippen LogP contribution in [-0.4, -0.2) is 16.0 Å². The normalized spacial score (nSPS) is 17.3. The Morgan fingerprint density at radius 2 is 2.15 bits per heavy atom. The van der Waals surface area contributed by atoms with E-state index in [1.807, 2.05) is 12.1 Å². The summed E-state index contributed by atoms with van der Waals surface area (Å²) in [4.78, 5) is 16.0. The van der Waals surface area contributed by atoms with E-state index in [9.17, 15) is 9.90 Å². The molecular weight excluding hydrogens is 252 g/mol. The summed E-state index contributed by atoms with van der Waals surface area (Å²) < 4.78 is 0. The highest BCUT2D eigenvalue weighted by Crippen LogP contribution is 2.30. The molecule has 4 nitrogen and oxygen atoms in total. The summed E-state index contributed by atoms with van der Waals surface area (Å²) in [6.45, 7) is 0. The van der Waals surface area contributed by atoms with Crippen molar-refractivity contribution in [2.45, 2.75) is 25.3 Å². The van der Waals surface area contributed by atoms with Gasteiger partial charge in [0.2, 0.25) is 0 Å². The van der Waals surface area contributed by atoms with Crippen LogP contribution in [0.25, 0.3) is 0 Å². The van der Waals surface area contributed by atoms with E-state index in [0.717, 1.165) is 19.3 Å². The minimum atomic E-state index is -0.258. The highest BCUT2D eigenvalue weighted by molar-refractivity contribution is 5.96.